The Morgan fingerprint density at radius 3 is 2.24 bits per heavy atom. The molecule has 0 radical (unpaired) electrons. The summed E-state index contributed by atoms with van der Waals surface area (Å²) in [5, 5.41) is 10.3. The molecule has 17 heavy (non-hydrogen) atoms. The largest absolute Gasteiger partial charge is 0.392 e. The third-order valence-electron chi connectivity index (χ3n) is 3.47. The molecule has 0 amide bonds. The van der Waals surface area contributed by atoms with Crippen molar-refractivity contribution in [2.24, 2.45) is 0 Å². The first-order valence-electron chi connectivity index (χ1n) is 6.39. The van der Waals surface area contributed by atoms with E-state index in [0.717, 1.165) is 17.9 Å². The summed E-state index contributed by atoms with van der Waals surface area (Å²) < 4.78 is 0. The predicted octanol–water partition coefficient (Wildman–Crippen LogP) is 4.44. The van der Waals surface area contributed by atoms with Crippen molar-refractivity contribution in [2.45, 2.75) is 38.5 Å². The lowest BCUT2D eigenvalue weighted by molar-refractivity contribution is 0.325. The van der Waals surface area contributed by atoms with Crippen LogP contribution < -0.4 is 0 Å². The molecule has 0 fully saturated rings. The van der Waals surface area contributed by atoms with Crippen LogP contribution in [0, 0.1) is 0 Å². The predicted molar refractivity (Wildman–Crippen MR) is 73.2 cm³/mol. The lowest BCUT2D eigenvalue weighted by atomic mass is 9.89. The molecule has 1 aromatic rings. The van der Waals surface area contributed by atoms with E-state index in [4.69, 9.17) is 11.6 Å². The highest BCUT2D eigenvalue weighted by molar-refractivity contribution is 6.30. The van der Waals surface area contributed by atoms with Crippen molar-refractivity contribution in [3.8, 4) is 0 Å². The molecular formula is C15H19ClO. The molecule has 0 unspecified atom stereocenters. The zero-order valence-corrected chi connectivity index (χ0v) is 10.8. The van der Waals surface area contributed by atoms with Crippen LogP contribution >= 0.6 is 11.6 Å². The quantitative estimate of drug-likeness (QED) is 0.823. The van der Waals surface area contributed by atoms with Crippen LogP contribution in [0.2, 0.25) is 5.02 Å². The highest BCUT2D eigenvalue weighted by atomic mass is 35.5. The molecule has 1 nitrogen and oxygen atoms in total. The number of hydrogen-bond acceptors (Lipinski definition) is 1. The van der Waals surface area contributed by atoms with Crippen molar-refractivity contribution >= 4 is 17.2 Å². The molecule has 1 aliphatic rings. The summed E-state index contributed by atoms with van der Waals surface area (Å²) >= 11 is 5.91. The van der Waals surface area contributed by atoms with Gasteiger partial charge in [-0.3, -0.25) is 0 Å². The molecule has 0 saturated carbocycles. The number of aliphatic hydroxyl groups excluding tert-OH is 1. The molecule has 0 saturated heterocycles. The summed E-state index contributed by atoms with van der Waals surface area (Å²) in [5.41, 5.74) is 3.77. The molecule has 1 aliphatic carbocycles. The van der Waals surface area contributed by atoms with E-state index in [-0.39, 0.29) is 6.61 Å². The minimum Gasteiger partial charge on any atom is -0.392 e. The summed E-state index contributed by atoms with van der Waals surface area (Å²) in [5.74, 6) is 0. The molecule has 0 aromatic heterocycles. The van der Waals surface area contributed by atoms with Crippen LogP contribution in [0.3, 0.4) is 0 Å². The minimum atomic E-state index is 0.192. The van der Waals surface area contributed by atoms with Gasteiger partial charge in [-0.1, -0.05) is 36.6 Å². The van der Waals surface area contributed by atoms with Crippen molar-refractivity contribution in [1.82, 2.24) is 0 Å². The molecule has 0 bridgehead atoms. The topological polar surface area (TPSA) is 20.2 Å². The molecule has 0 atom stereocenters. The SMILES string of the molecule is OCC1=C(c2ccc(Cl)cc2)CCCCCC1. The first kappa shape index (κ1) is 12.7. The van der Waals surface area contributed by atoms with Crippen LogP contribution in [0.5, 0.6) is 0 Å². The van der Waals surface area contributed by atoms with Gasteiger partial charge < -0.3 is 5.11 Å². The van der Waals surface area contributed by atoms with Gasteiger partial charge in [0.15, 0.2) is 0 Å². The smallest absolute Gasteiger partial charge is 0.0647 e. The first-order valence-corrected chi connectivity index (χ1v) is 6.77. The number of hydrogen-bond donors (Lipinski definition) is 1. The maximum Gasteiger partial charge on any atom is 0.0647 e. The standard InChI is InChI=1S/C15H19ClO/c16-14-9-7-12(8-10-14)15-6-4-2-1-3-5-13(15)11-17/h7-10,17H,1-6,11H2. The van der Waals surface area contributed by atoms with Gasteiger partial charge in [-0.2, -0.15) is 0 Å². The average molecular weight is 251 g/mol. The maximum absolute atomic E-state index is 9.51. The summed E-state index contributed by atoms with van der Waals surface area (Å²) in [4.78, 5) is 0. The van der Waals surface area contributed by atoms with Crippen molar-refractivity contribution in [2.75, 3.05) is 6.61 Å². The normalized spacial score (nSPS) is 17.8. The van der Waals surface area contributed by atoms with Crippen LogP contribution in [-0.2, 0) is 0 Å². The second-order valence-electron chi connectivity index (χ2n) is 4.66. The van der Waals surface area contributed by atoms with Gasteiger partial charge in [-0.15, -0.1) is 0 Å². The number of allylic oxidation sites excluding steroid dienone is 1. The molecular weight excluding hydrogens is 232 g/mol. The number of benzene rings is 1. The second kappa shape index (κ2) is 6.23. The first-order chi connectivity index (χ1) is 8.31. The molecule has 2 rings (SSSR count). The molecule has 92 valence electrons. The van der Waals surface area contributed by atoms with Gasteiger partial charge in [0, 0.05) is 5.02 Å². The zero-order valence-electron chi connectivity index (χ0n) is 10.1. The van der Waals surface area contributed by atoms with Gasteiger partial charge >= 0.3 is 0 Å². The highest BCUT2D eigenvalue weighted by Gasteiger charge is 2.11. The fraction of sp³-hybridized carbons (Fsp3) is 0.467. The Labute approximate surface area is 108 Å². The number of rotatable bonds is 2. The Morgan fingerprint density at radius 2 is 1.59 bits per heavy atom. The molecule has 0 spiro atoms. The summed E-state index contributed by atoms with van der Waals surface area (Å²) in [6.07, 6.45) is 7.13. The molecule has 1 aromatic carbocycles. The van der Waals surface area contributed by atoms with Gasteiger partial charge in [0.25, 0.3) is 0 Å². The van der Waals surface area contributed by atoms with Crippen LogP contribution in [-0.4, -0.2) is 11.7 Å². The second-order valence-corrected chi connectivity index (χ2v) is 5.10. The number of halogens is 1. The third kappa shape index (κ3) is 3.34. The van der Waals surface area contributed by atoms with E-state index in [1.807, 2.05) is 12.1 Å². The molecule has 0 heterocycles. The molecule has 0 aliphatic heterocycles. The average Bonchev–Trinajstić information content (AvgIpc) is 2.31. The highest BCUT2D eigenvalue weighted by Crippen LogP contribution is 2.30. The van der Waals surface area contributed by atoms with Gasteiger partial charge in [0.1, 0.15) is 0 Å². The van der Waals surface area contributed by atoms with Gasteiger partial charge in [0.2, 0.25) is 0 Å². The fourth-order valence-electron chi connectivity index (χ4n) is 2.50. The Balaban J connectivity index is 2.32. The Kier molecular flexibility index (Phi) is 4.64. The zero-order chi connectivity index (χ0) is 12.1. The van der Waals surface area contributed by atoms with E-state index in [0.29, 0.717) is 0 Å². The molecule has 1 N–H and O–H groups in total. The maximum atomic E-state index is 9.51. The van der Waals surface area contributed by atoms with Crippen LogP contribution in [0.4, 0.5) is 0 Å². The van der Waals surface area contributed by atoms with Crippen molar-refractivity contribution < 1.29 is 5.11 Å². The van der Waals surface area contributed by atoms with E-state index in [1.165, 1.54) is 42.4 Å². The molecule has 2 heteroatoms. The monoisotopic (exact) mass is 250 g/mol. The lowest BCUT2D eigenvalue weighted by Gasteiger charge is -2.17. The van der Waals surface area contributed by atoms with Crippen LogP contribution in [0.25, 0.3) is 5.57 Å². The van der Waals surface area contributed by atoms with Gasteiger partial charge in [-0.05, 0) is 54.5 Å². The van der Waals surface area contributed by atoms with E-state index in [2.05, 4.69) is 12.1 Å². The summed E-state index contributed by atoms with van der Waals surface area (Å²) in [6.45, 7) is 0.192. The van der Waals surface area contributed by atoms with Crippen LogP contribution in [0.1, 0.15) is 44.1 Å². The van der Waals surface area contributed by atoms with Crippen molar-refractivity contribution in [3.63, 3.8) is 0 Å². The Morgan fingerprint density at radius 1 is 0.941 bits per heavy atom. The van der Waals surface area contributed by atoms with Gasteiger partial charge in [0.05, 0.1) is 6.61 Å². The Hall–Kier alpha value is -0.790. The third-order valence-corrected chi connectivity index (χ3v) is 3.72. The van der Waals surface area contributed by atoms with E-state index in [9.17, 15) is 5.11 Å². The Bertz CT molecular complexity index is 392. The van der Waals surface area contributed by atoms with Gasteiger partial charge in [-0.25, -0.2) is 0 Å². The lowest BCUT2D eigenvalue weighted by Crippen LogP contribution is -2.01. The summed E-state index contributed by atoms with van der Waals surface area (Å²) in [6, 6.07) is 7.99. The van der Waals surface area contributed by atoms with Crippen molar-refractivity contribution in [3.05, 3.63) is 40.4 Å². The fourth-order valence-corrected chi connectivity index (χ4v) is 2.62. The van der Waals surface area contributed by atoms with Crippen LogP contribution in [0.15, 0.2) is 29.8 Å². The van der Waals surface area contributed by atoms with Crippen molar-refractivity contribution in [1.29, 1.82) is 0 Å². The summed E-state index contributed by atoms with van der Waals surface area (Å²) in [7, 11) is 0. The van der Waals surface area contributed by atoms with E-state index in [1.54, 1.807) is 0 Å². The minimum absolute atomic E-state index is 0.192. The van der Waals surface area contributed by atoms with E-state index >= 15 is 0 Å². The van der Waals surface area contributed by atoms with E-state index < -0.39 is 0 Å². The number of aliphatic hydroxyl groups is 1.